The fourth-order valence-corrected chi connectivity index (χ4v) is 3.96. The topological polar surface area (TPSA) is 41.5 Å². The second-order valence-electron chi connectivity index (χ2n) is 7.98. The molecule has 2 atom stereocenters. The van der Waals surface area contributed by atoms with Gasteiger partial charge >= 0.3 is 6.18 Å². The zero-order chi connectivity index (χ0) is 21.4. The van der Waals surface area contributed by atoms with Crippen molar-refractivity contribution >= 4 is 0 Å². The van der Waals surface area contributed by atoms with Crippen molar-refractivity contribution < 1.29 is 23.0 Å². The molecule has 1 fully saturated rings. The number of aliphatic hydroxyl groups is 1. The molecular formula is C24H30F3NO2. The lowest BCUT2D eigenvalue weighted by molar-refractivity contribution is -0.138. The number of aryl methyl sites for hydroxylation is 2. The van der Waals surface area contributed by atoms with Gasteiger partial charge in [-0.1, -0.05) is 49.2 Å². The van der Waals surface area contributed by atoms with E-state index in [1.807, 2.05) is 18.2 Å². The number of hydrogen-bond donors (Lipinski definition) is 2. The lowest BCUT2D eigenvalue weighted by Gasteiger charge is -2.17. The van der Waals surface area contributed by atoms with Crippen molar-refractivity contribution in [3.05, 3.63) is 65.2 Å². The third-order valence-electron chi connectivity index (χ3n) is 5.60. The number of benzene rings is 2. The van der Waals surface area contributed by atoms with Crippen LogP contribution in [0.15, 0.2) is 48.5 Å². The second kappa shape index (κ2) is 10.8. The summed E-state index contributed by atoms with van der Waals surface area (Å²) < 4.78 is 46.5. The molecule has 0 amide bonds. The molecule has 1 aliphatic heterocycles. The van der Waals surface area contributed by atoms with Crippen LogP contribution in [0, 0.1) is 0 Å². The van der Waals surface area contributed by atoms with E-state index < -0.39 is 11.7 Å². The first-order valence-electron chi connectivity index (χ1n) is 10.7. The van der Waals surface area contributed by atoms with Gasteiger partial charge in [-0.25, -0.2) is 0 Å². The Morgan fingerprint density at radius 3 is 2.37 bits per heavy atom. The standard InChI is InChI=1S/C24H30F3NO2/c25-24(26,27)23-15-21(30-22-14-20(17-29)28-16-22)13-12-19(23)11-7-2-1-4-8-18-9-5-3-6-10-18/h3,5-6,9-10,12-13,15,20,22,28-29H,1-2,4,7-8,11,14,16-17H2. The fraction of sp³-hybridized carbons (Fsp3) is 0.500. The summed E-state index contributed by atoms with van der Waals surface area (Å²) in [5.41, 5.74) is 1.03. The lowest BCUT2D eigenvalue weighted by Crippen LogP contribution is -2.25. The van der Waals surface area contributed by atoms with E-state index >= 15 is 0 Å². The minimum absolute atomic E-state index is 0.00204. The quantitative estimate of drug-likeness (QED) is 0.521. The molecule has 2 aromatic carbocycles. The summed E-state index contributed by atoms with van der Waals surface area (Å²) in [5, 5.41) is 12.3. The van der Waals surface area contributed by atoms with Crippen molar-refractivity contribution in [2.24, 2.45) is 0 Å². The summed E-state index contributed by atoms with van der Waals surface area (Å²) in [4.78, 5) is 0. The molecule has 1 aliphatic rings. The van der Waals surface area contributed by atoms with E-state index in [4.69, 9.17) is 9.84 Å². The molecule has 6 heteroatoms. The van der Waals surface area contributed by atoms with Crippen LogP contribution in [0.25, 0.3) is 0 Å². The van der Waals surface area contributed by atoms with Crippen molar-refractivity contribution in [3.8, 4) is 5.75 Å². The number of hydrogen-bond acceptors (Lipinski definition) is 3. The Labute approximate surface area is 176 Å². The Morgan fingerprint density at radius 1 is 0.967 bits per heavy atom. The predicted molar refractivity (Wildman–Crippen MR) is 112 cm³/mol. The summed E-state index contributed by atoms with van der Waals surface area (Å²) in [6, 6.07) is 14.5. The monoisotopic (exact) mass is 421 g/mol. The average Bonchev–Trinajstić information content (AvgIpc) is 3.19. The number of halogens is 3. The van der Waals surface area contributed by atoms with Crippen LogP contribution in [0.4, 0.5) is 13.2 Å². The largest absolute Gasteiger partial charge is 0.489 e. The van der Waals surface area contributed by atoms with E-state index in [2.05, 4.69) is 17.4 Å². The Kier molecular flexibility index (Phi) is 8.16. The number of aliphatic hydroxyl groups excluding tert-OH is 1. The van der Waals surface area contributed by atoms with E-state index in [1.165, 1.54) is 5.56 Å². The van der Waals surface area contributed by atoms with Crippen molar-refractivity contribution in [3.63, 3.8) is 0 Å². The summed E-state index contributed by atoms with van der Waals surface area (Å²) in [6.45, 7) is 0.523. The van der Waals surface area contributed by atoms with E-state index in [0.29, 0.717) is 24.9 Å². The second-order valence-corrected chi connectivity index (χ2v) is 7.98. The summed E-state index contributed by atoms with van der Waals surface area (Å²) >= 11 is 0. The van der Waals surface area contributed by atoms with Gasteiger partial charge in [-0.2, -0.15) is 13.2 Å². The van der Waals surface area contributed by atoms with E-state index in [9.17, 15) is 13.2 Å². The first-order chi connectivity index (χ1) is 14.5. The van der Waals surface area contributed by atoms with Gasteiger partial charge < -0.3 is 15.2 Å². The molecule has 0 saturated carbocycles. The number of unbranched alkanes of at least 4 members (excludes halogenated alkanes) is 3. The molecule has 164 valence electrons. The van der Waals surface area contributed by atoms with Crippen molar-refractivity contribution in [1.82, 2.24) is 5.32 Å². The van der Waals surface area contributed by atoms with Gasteiger partial charge in [0.1, 0.15) is 11.9 Å². The van der Waals surface area contributed by atoms with Crippen LogP contribution in [0.2, 0.25) is 0 Å². The van der Waals surface area contributed by atoms with Gasteiger partial charge in [0.15, 0.2) is 0 Å². The molecule has 0 bridgehead atoms. The molecule has 3 nitrogen and oxygen atoms in total. The lowest BCUT2D eigenvalue weighted by atomic mass is 9.99. The molecule has 30 heavy (non-hydrogen) atoms. The van der Waals surface area contributed by atoms with Crippen LogP contribution in [-0.2, 0) is 19.0 Å². The van der Waals surface area contributed by atoms with Gasteiger partial charge in [0, 0.05) is 19.0 Å². The van der Waals surface area contributed by atoms with Crippen LogP contribution in [0.3, 0.4) is 0 Å². The van der Waals surface area contributed by atoms with Gasteiger partial charge in [0.2, 0.25) is 0 Å². The molecule has 1 heterocycles. The highest BCUT2D eigenvalue weighted by Crippen LogP contribution is 2.35. The van der Waals surface area contributed by atoms with Crippen LogP contribution < -0.4 is 10.1 Å². The van der Waals surface area contributed by atoms with Crippen LogP contribution in [0.5, 0.6) is 5.75 Å². The van der Waals surface area contributed by atoms with Crippen LogP contribution >= 0.6 is 0 Å². The molecular weight excluding hydrogens is 391 g/mol. The Hall–Kier alpha value is -2.05. The minimum Gasteiger partial charge on any atom is -0.489 e. The smallest absolute Gasteiger partial charge is 0.416 e. The molecule has 2 N–H and O–H groups in total. The normalized spacial score (nSPS) is 19.2. The van der Waals surface area contributed by atoms with Gasteiger partial charge in [0.05, 0.1) is 12.2 Å². The van der Waals surface area contributed by atoms with Crippen molar-refractivity contribution in [2.45, 2.75) is 63.3 Å². The predicted octanol–water partition coefficient (Wildman–Crippen LogP) is 5.15. The Morgan fingerprint density at radius 2 is 1.70 bits per heavy atom. The minimum atomic E-state index is -4.40. The Balaban J connectivity index is 1.50. The summed E-state index contributed by atoms with van der Waals surface area (Å²) in [7, 11) is 0. The average molecular weight is 422 g/mol. The van der Waals surface area contributed by atoms with Crippen LogP contribution in [-0.4, -0.2) is 30.4 Å². The fourth-order valence-electron chi connectivity index (χ4n) is 3.96. The molecule has 2 unspecified atom stereocenters. The highest BCUT2D eigenvalue weighted by atomic mass is 19.4. The van der Waals surface area contributed by atoms with E-state index in [1.54, 1.807) is 12.1 Å². The molecule has 3 rings (SSSR count). The molecule has 0 spiro atoms. The zero-order valence-corrected chi connectivity index (χ0v) is 17.1. The number of alkyl halides is 3. The highest BCUT2D eigenvalue weighted by molar-refractivity contribution is 5.38. The molecule has 0 aliphatic carbocycles. The number of rotatable bonds is 10. The highest BCUT2D eigenvalue weighted by Gasteiger charge is 2.34. The first kappa shape index (κ1) is 22.6. The molecule has 1 saturated heterocycles. The van der Waals surface area contributed by atoms with Gasteiger partial charge in [-0.05, 0) is 48.9 Å². The third-order valence-corrected chi connectivity index (χ3v) is 5.60. The molecule has 0 aromatic heterocycles. The third kappa shape index (κ3) is 6.74. The van der Waals surface area contributed by atoms with Crippen LogP contribution in [0.1, 0.15) is 48.8 Å². The molecule has 0 radical (unpaired) electrons. The molecule has 2 aromatic rings. The zero-order valence-electron chi connectivity index (χ0n) is 17.1. The Bertz CT molecular complexity index is 780. The maximum Gasteiger partial charge on any atom is 0.416 e. The van der Waals surface area contributed by atoms with Crippen molar-refractivity contribution in [1.29, 1.82) is 0 Å². The maximum absolute atomic E-state index is 13.6. The van der Waals surface area contributed by atoms with E-state index in [0.717, 1.165) is 38.2 Å². The maximum atomic E-state index is 13.6. The summed E-state index contributed by atoms with van der Waals surface area (Å²) in [6.07, 6.45) is 1.10. The van der Waals surface area contributed by atoms with E-state index in [-0.39, 0.29) is 24.5 Å². The summed E-state index contributed by atoms with van der Waals surface area (Å²) in [5.74, 6) is 0.235. The first-order valence-corrected chi connectivity index (χ1v) is 10.7. The SMILES string of the molecule is OCC1CC(Oc2ccc(CCCCCCc3ccccc3)c(C(F)(F)F)c2)CN1. The van der Waals surface area contributed by atoms with Gasteiger partial charge in [0.25, 0.3) is 0 Å². The van der Waals surface area contributed by atoms with Crippen molar-refractivity contribution in [2.75, 3.05) is 13.2 Å². The number of nitrogens with one attached hydrogen (secondary N) is 1. The number of ether oxygens (including phenoxy) is 1. The van der Waals surface area contributed by atoms with Gasteiger partial charge in [-0.15, -0.1) is 0 Å². The van der Waals surface area contributed by atoms with Gasteiger partial charge in [-0.3, -0.25) is 0 Å².